The van der Waals surface area contributed by atoms with Gasteiger partial charge in [-0.3, -0.25) is 9.59 Å². The van der Waals surface area contributed by atoms with E-state index in [9.17, 15) is 9.59 Å². The first-order valence-corrected chi connectivity index (χ1v) is 10.0. The Balaban J connectivity index is 1.84. The van der Waals surface area contributed by atoms with Gasteiger partial charge in [-0.05, 0) is 83.6 Å². The van der Waals surface area contributed by atoms with Crippen LogP contribution in [-0.4, -0.2) is 10.5 Å². The Morgan fingerprint density at radius 3 is 1.43 bits per heavy atom. The Kier molecular flexibility index (Phi) is 7.14. The molecular formula is C24H20Cl2O4. The highest BCUT2D eigenvalue weighted by atomic mass is 35.5. The van der Waals surface area contributed by atoms with E-state index in [1.54, 1.807) is 48.5 Å². The van der Waals surface area contributed by atoms with Crippen LogP contribution in [0.3, 0.4) is 0 Å². The van der Waals surface area contributed by atoms with Crippen LogP contribution in [0.15, 0.2) is 60.7 Å². The van der Waals surface area contributed by atoms with E-state index in [1.807, 2.05) is 26.0 Å². The molecule has 0 aromatic heterocycles. The summed E-state index contributed by atoms with van der Waals surface area (Å²) in [6, 6.07) is 17.7. The number of hydrogen-bond acceptors (Lipinski definition) is 4. The molecule has 0 saturated heterocycles. The summed E-state index contributed by atoms with van der Waals surface area (Å²) in [6.07, 6.45) is 0. The fraction of sp³-hybridized carbons (Fsp3) is 0.167. The van der Waals surface area contributed by atoms with Crippen LogP contribution in [0.2, 0.25) is 0 Å². The molecule has 3 rings (SSSR count). The van der Waals surface area contributed by atoms with Gasteiger partial charge in [-0.2, -0.15) is 0 Å². The van der Waals surface area contributed by atoms with Gasteiger partial charge in [0.25, 0.3) is 10.5 Å². The van der Waals surface area contributed by atoms with Gasteiger partial charge < -0.3 is 9.47 Å². The molecule has 0 aliphatic carbocycles. The molecule has 0 bridgehead atoms. The third-order valence-corrected chi connectivity index (χ3v) is 5.19. The van der Waals surface area contributed by atoms with Gasteiger partial charge in [0.15, 0.2) is 0 Å². The zero-order valence-corrected chi connectivity index (χ0v) is 18.1. The first kappa shape index (κ1) is 21.9. The summed E-state index contributed by atoms with van der Waals surface area (Å²) in [5.74, 6) is 0.835. The summed E-state index contributed by atoms with van der Waals surface area (Å²) < 4.78 is 11.8. The molecule has 0 aliphatic heterocycles. The van der Waals surface area contributed by atoms with Crippen molar-refractivity contribution in [2.45, 2.75) is 27.1 Å². The van der Waals surface area contributed by atoms with E-state index < -0.39 is 10.5 Å². The Hall–Kier alpha value is -2.82. The van der Waals surface area contributed by atoms with E-state index in [2.05, 4.69) is 0 Å². The third kappa shape index (κ3) is 5.21. The molecule has 0 aliphatic rings. The summed E-state index contributed by atoms with van der Waals surface area (Å²) in [7, 11) is 0. The van der Waals surface area contributed by atoms with Crippen molar-refractivity contribution in [1.29, 1.82) is 0 Å². The van der Waals surface area contributed by atoms with Gasteiger partial charge in [0, 0.05) is 0 Å². The second kappa shape index (κ2) is 9.79. The van der Waals surface area contributed by atoms with Crippen LogP contribution in [0.1, 0.15) is 43.0 Å². The van der Waals surface area contributed by atoms with Gasteiger partial charge in [-0.25, -0.2) is 0 Å². The molecule has 0 N–H and O–H groups in total. The molecule has 0 saturated carbocycles. The van der Waals surface area contributed by atoms with E-state index >= 15 is 0 Å². The van der Waals surface area contributed by atoms with E-state index in [1.165, 1.54) is 0 Å². The zero-order valence-electron chi connectivity index (χ0n) is 16.6. The summed E-state index contributed by atoms with van der Waals surface area (Å²) in [5, 5.41) is -1.15. The van der Waals surface area contributed by atoms with Crippen LogP contribution in [0.25, 0.3) is 0 Å². The normalized spacial score (nSPS) is 10.5. The molecule has 154 valence electrons. The highest BCUT2D eigenvalue weighted by molar-refractivity contribution is 6.68. The topological polar surface area (TPSA) is 52.6 Å². The van der Waals surface area contributed by atoms with Gasteiger partial charge in [0.1, 0.15) is 24.7 Å². The van der Waals surface area contributed by atoms with Crippen molar-refractivity contribution in [1.82, 2.24) is 0 Å². The molecule has 0 spiro atoms. The van der Waals surface area contributed by atoms with E-state index in [-0.39, 0.29) is 13.2 Å². The molecule has 0 atom stereocenters. The molecule has 0 fully saturated rings. The first-order valence-electron chi connectivity index (χ1n) is 9.29. The minimum Gasteiger partial charge on any atom is -0.488 e. The van der Waals surface area contributed by atoms with Gasteiger partial charge >= 0.3 is 0 Å². The lowest BCUT2D eigenvalue weighted by Gasteiger charge is -2.16. The summed E-state index contributed by atoms with van der Waals surface area (Å²) in [5.41, 5.74) is 4.66. The molecule has 3 aromatic rings. The lowest BCUT2D eigenvalue weighted by Crippen LogP contribution is -2.07. The molecule has 0 amide bonds. The minimum atomic E-state index is -0.573. The standard InChI is InChI=1S/C24H20Cl2O4/c1-15-11-17(13-29-21-9-5-3-7-19(21)23(25)27)18(12-16(15)2)14-30-22-10-6-4-8-20(22)24(26)28/h3-12H,13-14H2,1-2H3. The highest BCUT2D eigenvalue weighted by Gasteiger charge is 2.14. The van der Waals surface area contributed by atoms with E-state index in [0.29, 0.717) is 22.6 Å². The van der Waals surface area contributed by atoms with Gasteiger partial charge in [-0.1, -0.05) is 36.4 Å². The van der Waals surface area contributed by atoms with Crippen molar-refractivity contribution in [3.05, 3.63) is 94.0 Å². The SMILES string of the molecule is Cc1cc(COc2ccccc2C(=O)Cl)c(COc2ccccc2C(=O)Cl)cc1C. The number of para-hydroxylation sites is 2. The number of carbonyl (C=O) groups excluding carboxylic acids is 2. The molecule has 4 nitrogen and oxygen atoms in total. The molecule has 30 heavy (non-hydrogen) atoms. The summed E-state index contributed by atoms with van der Waals surface area (Å²) >= 11 is 11.3. The van der Waals surface area contributed by atoms with Crippen LogP contribution in [0.4, 0.5) is 0 Å². The Morgan fingerprint density at radius 2 is 1.07 bits per heavy atom. The van der Waals surface area contributed by atoms with Crippen molar-refractivity contribution in [3.63, 3.8) is 0 Å². The van der Waals surface area contributed by atoms with Crippen LogP contribution < -0.4 is 9.47 Å². The van der Waals surface area contributed by atoms with Crippen molar-refractivity contribution in [3.8, 4) is 11.5 Å². The predicted octanol–water partition coefficient (Wildman–Crippen LogP) is 6.22. The molecule has 3 aromatic carbocycles. The Morgan fingerprint density at radius 1 is 0.700 bits per heavy atom. The molecule has 0 radical (unpaired) electrons. The smallest absolute Gasteiger partial charge is 0.256 e. The zero-order chi connectivity index (χ0) is 21.7. The van der Waals surface area contributed by atoms with Crippen LogP contribution >= 0.6 is 23.2 Å². The van der Waals surface area contributed by atoms with Crippen LogP contribution in [0.5, 0.6) is 11.5 Å². The van der Waals surface area contributed by atoms with Crippen molar-refractivity contribution >= 4 is 33.7 Å². The average Bonchev–Trinajstić information content (AvgIpc) is 2.73. The lowest BCUT2D eigenvalue weighted by molar-refractivity contribution is 0.106. The minimum absolute atomic E-state index is 0.233. The maximum absolute atomic E-state index is 11.6. The van der Waals surface area contributed by atoms with Gasteiger partial charge in [-0.15, -0.1) is 0 Å². The maximum atomic E-state index is 11.6. The lowest BCUT2D eigenvalue weighted by atomic mass is 10.0. The molecular weight excluding hydrogens is 423 g/mol. The molecule has 0 unspecified atom stereocenters. The molecule has 0 heterocycles. The largest absolute Gasteiger partial charge is 0.488 e. The predicted molar refractivity (Wildman–Crippen MR) is 118 cm³/mol. The van der Waals surface area contributed by atoms with Crippen LogP contribution in [0, 0.1) is 13.8 Å². The highest BCUT2D eigenvalue weighted by Crippen LogP contribution is 2.25. The number of hydrogen-bond donors (Lipinski definition) is 0. The number of halogens is 2. The third-order valence-electron chi connectivity index (χ3n) is 4.78. The number of carbonyl (C=O) groups is 2. The van der Waals surface area contributed by atoms with Gasteiger partial charge in [0.2, 0.25) is 0 Å². The summed E-state index contributed by atoms with van der Waals surface area (Å²) in [4.78, 5) is 23.2. The van der Waals surface area contributed by atoms with E-state index in [4.69, 9.17) is 32.7 Å². The summed E-state index contributed by atoms with van der Waals surface area (Å²) in [6.45, 7) is 4.50. The number of aryl methyl sites for hydroxylation is 2. The quantitative estimate of drug-likeness (QED) is 0.388. The first-order chi connectivity index (χ1) is 14.4. The Bertz CT molecular complexity index is 1010. The second-order valence-electron chi connectivity index (χ2n) is 6.82. The monoisotopic (exact) mass is 442 g/mol. The number of ether oxygens (including phenoxy) is 2. The Labute approximate surface area is 185 Å². The fourth-order valence-electron chi connectivity index (χ4n) is 3.03. The number of rotatable bonds is 8. The maximum Gasteiger partial charge on any atom is 0.256 e. The van der Waals surface area contributed by atoms with E-state index in [0.717, 1.165) is 22.3 Å². The van der Waals surface area contributed by atoms with Crippen molar-refractivity contribution < 1.29 is 19.1 Å². The van der Waals surface area contributed by atoms with Gasteiger partial charge in [0.05, 0.1) is 11.1 Å². The van der Waals surface area contributed by atoms with Crippen molar-refractivity contribution in [2.24, 2.45) is 0 Å². The molecule has 6 heteroatoms. The van der Waals surface area contributed by atoms with Crippen LogP contribution in [-0.2, 0) is 13.2 Å². The number of benzene rings is 3. The fourth-order valence-corrected chi connectivity index (χ4v) is 3.34. The van der Waals surface area contributed by atoms with Crippen molar-refractivity contribution in [2.75, 3.05) is 0 Å². The average molecular weight is 443 g/mol. The second-order valence-corrected chi connectivity index (χ2v) is 7.51.